The summed E-state index contributed by atoms with van der Waals surface area (Å²) in [5.74, 6) is 0. The van der Waals surface area contributed by atoms with E-state index in [-0.39, 0.29) is 0 Å². The summed E-state index contributed by atoms with van der Waals surface area (Å²) in [6.45, 7) is 4.32. The molecule has 94 valence electrons. The van der Waals surface area contributed by atoms with Crippen molar-refractivity contribution in [3.8, 4) is 0 Å². The summed E-state index contributed by atoms with van der Waals surface area (Å²) >= 11 is 3.63. The predicted octanol–water partition coefficient (Wildman–Crippen LogP) is 4.80. The fraction of sp³-hybridized carbons (Fsp3) is 0.250. The minimum Gasteiger partial charge on any atom is -0.381 e. The van der Waals surface area contributed by atoms with Crippen LogP contribution in [-0.4, -0.2) is 6.04 Å². The van der Waals surface area contributed by atoms with Gasteiger partial charge in [0.05, 0.1) is 0 Å². The topological polar surface area (TPSA) is 12.0 Å². The van der Waals surface area contributed by atoms with Crippen molar-refractivity contribution in [2.75, 3.05) is 5.32 Å². The van der Waals surface area contributed by atoms with E-state index in [2.05, 4.69) is 83.6 Å². The van der Waals surface area contributed by atoms with E-state index in [0.29, 0.717) is 6.04 Å². The lowest BCUT2D eigenvalue weighted by atomic mass is 10.1. The van der Waals surface area contributed by atoms with Crippen LogP contribution in [0.4, 0.5) is 5.69 Å². The largest absolute Gasteiger partial charge is 0.381 e. The Morgan fingerprint density at radius 2 is 1.78 bits per heavy atom. The summed E-state index contributed by atoms with van der Waals surface area (Å²) in [7, 11) is 0. The highest BCUT2D eigenvalue weighted by Crippen LogP contribution is 2.26. The van der Waals surface area contributed by atoms with Crippen LogP contribution in [0.15, 0.2) is 53.0 Å². The Kier molecular flexibility index (Phi) is 4.43. The lowest BCUT2D eigenvalue weighted by Crippen LogP contribution is -2.18. The highest BCUT2D eigenvalue weighted by atomic mass is 79.9. The molecule has 0 saturated heterocycles. The molecule has 0 fully saturated rings. The normalized spacial score (nSPS) is 12.2. The lowest BCUT2D eigenvalue weighted by molar-refractivity contribution is 0.789. The van der Waals surface area contributed by atoms with Crippen molar-refractivity contribution in [1.82, 2.24) is 0 Å². The Labute approximate surface area is 117 Å². The molecule has 0 radical (unpaired) electrons. The molecule has 1 nitrogen and oxygen atoms in total. The standard InChI is InChI=1S/C16H18BrN/c1-12-7-6-10-15(16(12)17)18-13(2)11-14-8-4-3-5-9-14/h3-10,13,18H,11H2,1-2H3. The zero-order valence-corrected chi connectivity index (χ0v) is 12.4. The number of rotatable bonds is 4. The number of halogens is 1. The Bertz CT molecular complexity index is 508. The molecule has 0 aliphatic carbocycles. The first kappa shape index (κ1) is 13.2. The minimum absolute atomic E-state index is 0.408. The molecule has 0 amide bonds. The van der Waals surface area contributed by atoms with Crippen LogP contribution in [0.3, 0.4) is 0 Å². The van der Waals surface area contributed by atoms with Crippen molar-refractivity contribution in [2.24, 2.45) is 0 Å². The van der Waals surface area contributed by atoms with Gasteiger partial charge in [-0.3, -0.25) is 0 Å². The van der Waals surface area contributed by atoms with Gasteiger partial charge in [0.15, 0.2) is 0 Å². The van der Waals surface area contributed by atoms with Crippen molar-refractivity contribution in [2.45, 2.75) is 26.3 Å². The molecule has 1 N–H and O–H groups in total. The smallest absolute Gasteiger partial charge is 0.0489 e. The molecule has 0 aliphatic heterocycles. The molecule has 2 rings (SSSR count). The highest BCUT2D eigenvalue weighted by molar-refractivity contribution is 9.10. The summed E-state index contributed by atoms with van der Waals surface area (Å²) < 4.78 is 1.16. The number of aryl methyl sites for hydroxylation is 1. The van der Waals surface area contributed by atoms with Gasteiger partial charge in [-0.05, 0) is 53.4 Å². The zero-order valence-electron chi connectivity index (χ0n) is 10.8. The summed E-state index contributed by atoms with van der Waals surface area (Å²) in [4.78, 5) is 0. The van der Waals surface area contributed by atoms with E-state index < -0.39 is 0 Å². The maximum absolute atomic E-state index is 3.63. The van der Waals surface area contributed by atoms with Crippen LogP contribution in [0.5, 0.6) is 0 Å². The summed E-state index contributed by atoms with van der Waals surface area (Å²) in [6.07, 6.45) is 1.03. The molecule has 0 bridgehead atoms. The molecule has 1 unspecified atom stereocenters. The second-order valence-corrected chi connectivity index (χ2v) is 5.46. The number of hydrogen-bond acceptors (Lipinski definition) is 1. The summed E-state index contributed by atoms with van der Waals surface area (Å²) in [6, 6.07) is 17.3. The highest BCUT2D eigenvalue weighted by Gasteiger charge is 2.07. The molecule has 0 heterocycles. The van der Waals surface area contributed by atoms with Gasteiger partial charge in [0.1, 0.15) is 0 Å². The Hall–Kier alpha value is -1.28. The van der Waals surface area contributed by atoms with E-state index >= 15 is 0 Å². The second-order valence-electron chi connectivity index (χ2n) is 4.67. The second kappa shape index (κ2) is 6.05. The molecule has 18 heavy (non-hydrogen) atoms. The van der Waals surface area contributed by atoms with Gasteiger partial charge in [0.2, 0.25) is 0 Å². The zero-order chi connectivity index (χ0) is 13.0. The minimum atomic E-state index is 0.408. The van der Waals surface area contributed by atoms with Crippen LogP contribution in [-0.2, 0) is 6.42 Å². The molecule has 0 aromatic heterocycles. The quantitative estimate of drug-likeness (QED) is 0.855. The van der Waals surface area contributed by atoms with Crippen LogP contribution >= 0.6 is 15.9 Å². The predicted molar refractivity (Wildman–Crippen MR) is 82.1 cm³/mol. The van der Waals surface area contributed by atoms with E-state index in [1.54, 1.807) is 0 Å². The van der Waals surface area contributed by atoms with Gasteiger partial charge >= 0.3 is 0 Å². The van der Waals surface area contributed by atoms with Gasteiger partial charge < -0.3 is 5.32 Å². The van der Waals surface area contributed by atoms with Gasteiger partial charge in [0.25, 0.3) is 0 Å². The molecule has 0 spiro atoms. The third kappa shape index (κ3) is 3.36. The van der Waals surface area contributed by atoms with Gasteiger partial charge in [-0.15, -0.1) is 0 Å². The SMILES string of the molecule is Cc1cccc(NC(C)Cc2ccccc2)c1Br. The van der Waals surface area contributed by atoms with Crippen LogP contribution in [0.2, 0.25) is 0 Å². The molecular weight excluding hydrogens is 286 g/mol. The maximum atomic E-state index is 3.63. The molecule has 1 atom stereocenters. The van der Waals surface area contributed by atoms with E-state index in [0.717, 1.165) is 10.9 Å². The van der Waals surface area contributed by atoms with Crippen molar-refractivity contribution in [1.29, 1.82) is 0 Å². The van der Waals surface area contributed by atoms with Crippen LogP contribution in [0.1, 0.15) is 18.1 Å². The Morgan fingerprint density at radius 1 is 1.06 bits per heavy atom. The molecule has 0 aliphatic rings. The van der Waals surface area contributed by atoms with E-state index in [4.69, 9.17) is 0 Å². The number of hydrogen-bond donors (Lipinski definition) is 1. The molecule has 0 saturated carbocycles. The average Bonchev–Trinajstić information content (AvgIpc) is 2.36. The third-order valence-electron chi connectivity index (χ3n) is 2.98. The van der Waals surface area contributed by atoms with E-state index in [1.807, 2.05) is 0 Å². The van der Waals surface area contributed by atoms with E-state index in [1.165, 1.54) is 16.8 Å². The first-order chi connectivity index (χ1) is 8.66. The maximum Gasteiger partial charge on any atom is 0.0489 e. The van der Waals surface area contributed by atoms with Crippen LogP contribution in [0, 0.1) is 6.92 Å². The third-order valence-corrected chi connectivity index (χ3v) is 4.03. The lowest BCUT2D eigenvalue weighted by Gasteiger charge is -2.17. The van der Waals surface area contributed by atoms with Gasteiger partial charge in [-0.1, -0.05) is 42.5 Å². The summed E-state index contributed by atoms with van der Waals surface area (Å²) in [5, 5.41) is 3.55. The van der Waals surface area contributed by atoms with Crippen LogP contribution < -0.4 is 5.32 Å². The molecular formula is C16H18BrN. The molecule has 2 aromatic carbocycles. The summed E-state index contributed by atoms with van der Waals surface area (Å²) in [5.41, 5.74) is 3.78. The fourth-order valence-electron chi connectivity index (χ4n) is 2.04. The fourth-order valence-corrected chi connectivity index (χ4v) is 2.42. The molecule has 2 heteroatoms. The monoisotopic (exact) mass is 303 g/mol. The van der Waals surface area contributed by atoms with Crippen molar-refractivity contribution in [3.63, 3.8) is 0 Å². The van der Waals surface area contributed by atoms with E-state index in [9.17, 15) is 0 Å². The first-order valence-corrected chi connectivity index (χ1v) is 7.01. The van der Waals surface area contributed by atoms with Crippen molar-refractivity contribution < 1.29 is 0 Å². The van der Waals surface area contributed by atoms with Gasteiger partial charge in [0, 0.05) is 16.2 Å². The average molecular weight is 304 g/mol. The number of nitrogens with one attached hydrogen (secondary N) is 1. The molecule has 2 aromatic rings. The Balaban J connectivity index is 2.03. The van der Waals surface area contributed by atoms with Crippen LogP contribution in [0.25, 0.3) is 0 Å². The first-order valence-electron chi connectivity index (χ1n) is 6.22. The van der Waals surface area contributed by atoms with Gasteiger partial charge in [-0.25, -0.2) is 0 Å². The number of benzene rings is 2. The Morgan fingerprint density at radius 3 is 2.50 bits per heavy atom. The van der Waals surface area contributed by atoms with Gasteiger partial charge in [-0.2, -0.15) is 0 Å². The number of anilines is 1. The van der Waals surface area contributed by atoms with Crippen molar-refractivity contribution in [3.05, 3.63) is 64.1 Å². The van der Waals surface area contributed by atoms with Crippen molar-refractivity contribution >= 4 is 21.6 Å².